The van der Waals surface area contributed by atoms with Crippen LogP contribution in [0, 0.1) is 4.91 Å². The van der Waals surface area contributed by atoms with Crippen molar-refractivity contribution in [3.05, 3.63) is 40.8 Å². The standard InChI is InChI=1S/C9H12O.HNO2/c10-8-4-7-9-5-2-1-3-6-9;2-1-3/h1-3,5-6,10H,4,7-8H2;(H,2,3). The fourth-order valence-electron chi connectivity index (χ4n) is 0.928. The first kappa shape index (κ1) is 11.6. The van der Waals surface area contributed by atoms with Crippen LogP contribution < -0.4 is 0 Å². The predicted molar refractivity (Wildman–Crippen MR) is 49.4 cm³/mol. The molecule has 0 spiro atoms. The number of aryl methyl sites for hydroxylation is 1. The molecule has 0 unspecified atom stereocenters. The Morgan fingerprint density at radius 3 is 2.23 bits per heavy atom. The van der Waals surface area contributed by atoms with Gasteiger partial charge in [0.25, 0.3) is 0 Å². The number of aliphatic hydroxyl groups is 1. The van der Waals surface area contributed by atoms with Crippen LogP contribution in [-0.2, 0) is 6.42 Å². The molecule has 0 fully saturated rings. The highest BCUT2D eigenvalue weighted by Gasteiger charge is 1.87. The Hall–Kier alpha value is -1.42. The average molecular weight is 183 g/mol. The van der Waals surface area contributed by atoms with Gasteiger partial charge in [0.2, 0.25) is 0 Å². The van der Waals surface area contributed by atoms with Crippen LogP contribution in [0.15, 0.2) is 35.7 Å². The molecule has 0 heterocycles. The molecule has 13 heavy (non-hydrogen) atoms. The van der Waals surface area contributed by atoms with E-state index in [4.69, 9.17) is 15.2 Å². The topological polar surface area (TPSA) is 69.9 Å². The predicted octanol–water partition coefficient (Wildman–Crippen LogP) is 1.75. The molecular formula is C9H13NO3. The summed E-state index contributed by atoms with van der Waals surface area (Å²) < 4.78 is 0. The summed E-state index contributed by atoms with van der Waals surface area (Å²) in [7, 11) is 0. The summed E-state index contributed by atoms with van der Waals surface area (Å²) in [5.74, 6) is 0. The molecule has 0 aliphatic rings. The van der Waals surface area contributed by atoms with Crippen LogP contribution in [-0.4, -0.2) is 16.9 Å². The molecule has 4 heteroatoms. The Morgan fingerprint density at radius 1 is 1.23 bits per heavy atom. The molecule has 2 N–H and O–H groups in total. The highest BCUT2D eigenvalue weighted by molar-refractivity contribution is 5.14. The zero-order chi connectivity index (χ0) is 9.94. The quantitative estimate of drug-likeness (QED) is 0.554. The molecule has 0 atom stereocenters. The molecule has 0 aliphatic heterocycles. The molecule has 0 aliphatic carbocycles. The minimum atomic E-state index is 0.287. The lowest BCUT2D eigenvalue weighted by molar-refractivity contribution is 0.288. The van der Waals surface area contributed by atoms with Crippen molar-refractivity contribution in [2.24, 2.45) is 5.34 Å². The lowest BCUT2D eigenvalue weighted by atomic mass is 10.1. The first-order valence-corrected chi connectivity index (χ1v) is 3.96. The molecule has 0 saturated heterocycles. The summed E-state index contributed by atoms with van der Waals surface area (Å²) in [6, 6.07) is 10.2. The van der Waals surface area contributed by atoms with Crippen molar-refractivity contribution in [2.75, 3.05) is 6.61 Å². The molecule has 0 aromatic heterocycles. The van der Waals surface area contributed by atoms with Crippen molar-refractivity contribution < 1.29 is 10.3 Å². The minimum absolute atomic E-state index is 0.287. The maximum absolute atomic E-state index is 8.53. The number of hydrogen-bond acceptors (Lipinski definition) is 3. The van der Waals surface area contributed by atoms with Gasteiger partial charge in [-0.15, -0.1) is 4.91 Å². The van der Waals surface area contributed by atoms with Gasteiger partial charge in [0.1, 0.15) is 0 Å². The Kier molecular flexibility index (Phi) is 7.73. The van der Waals surface area contributed by atoms with Crippen LogP contribution in [0.5, 0.6) is 0 Å². The number of nitrogens with zero attached hydrogens (tertiary/aromatic N) is 1. The molecule has 0 amide bonds. The smallest absolute Gasteiger partial charge is 0.152 e. The van der Waals surface area contributed by atoms with Crippen molar-refractivity contribution >= 4 is 0 Å². The summed E-state index contributed by atoms with van der Waals surface area (Å²) in [4.78, 5) is 8.11. The number of aliphatic hydroxyl groups excluding tert-OH is 1. The van der Waals surface area contributed by atoms with Gasteiger partial charge >= 0.3 is 0 Å². The second-order valence-corrected chi connectivity index (χ2v) is 2.39. The normalized spacial score (nSPS) is 8.38. The zero-order valence-electron chi connectivity index (χ0n) is 7.26. The van der Waals surface area contributed by atoms with Crippen LogP contribution in [0.3, 0.4) is 0 Å². The van der Waals surface area contributed by atoms with E-state index in [-0.39, 0.29) is 6.61 Å². The van der Waals surface area contributed by atoms with E-state index in [0.29, 0.717) is 0 Å². The van der Waals surface area contributed by atoms with Gasteiger partial charge in [-0.25, -0.2) is 0 Å². The molecular weight excluding hydrogens is 170 g/mol. The minimum Gasteiger partial charge on any atom is -0.396 e. The summed E-state index contributed by atoms with van der Waals surface area (Å²) in [6.07, 6.45) is 1.85. The highest BCUT2D eigenvalue weighted by atomic mass is 16.6. The molecule has 4 nitrogen and oxygen atoms in total. The second kappa shape index (κ2) is 8.67. The van der Waals surface area contributed by atoms with E-state index in [1.807, 2.05) is 18.2 Å². The molecule has 72 valence electrons. The van der Waals surface area contributed by atoms with Crippen molar-refractivity contribution in [3.63, 3.8) is 0 Å². The van der Waals surface area contributed by atoms with Gasteiger partial charge in [-0.2, -0.15) is 0 Å². The zero-order valence-corrected chi connectivity index (χ0v) is 7.26. The van der Waals surface area contributed by atoms with Crippen molar-refractivity contribution in [3.8, 4) is 0 Å². The van der Waals surface area contributed by atoms with Crippen LogP contribution >= 0.6 is 0 Å². The Balaban J connectivity index is 0.000000424. The molecule has 0 radical (unpaired) electrons. The molecule has 0 bridgehead atoms. The fraction of sp³-hybridized carbons (Fsp3) is 0.333. The molecule has 1 aromatic carbocycles. The SMILES string of the molecule is O=NO.OCCCc1ccccc1. The monoisotopic (exact) mass is 183 g/mol. The molecule has 1 rings (SSSR count). The number of hydrogen-bond donors (Lipinski definition) is 2. The number of benzene rings is 1. The Bertz CT molecular complexity index is 213. The van der Waals surface area contributed by atoms with E-state index in [1.165, 1.54) is 10.9 Å². The van der Waals surface area contributed by atoms with Crippen molar-refractivity contribution in [2.45, 2.75) is 12.8 Å². The average Bonchev–Trinajstić information content (AvgIpc) is 2.18. The van der Waals surface area contributed by atoms with Crippen LogP contribution in [0.1, 0.15) is 12.0 Å². The van der Waals surface area contributed by atoms with Gasteiger partial charge < -0.3 is 10.3 Å². The maximum atomic E-state index is 8.53. The van der Waals surface area contributed by atoms with Crippen LogP contribution in [0.25, 0.3) is 0 Å². The fourth-order valence-corrected chi connectivity index (χ4v) is 0.928. The van der Waals surface area contributed by atoms with E-state index >= 15 is 0 Å². The van der Waals surface area contributed by atoms with Gasteiger partial charge in [-0.3, -0.25) is 0 Å². The molecule has 0 saturated carbocycles. The highest BCUT2D eigenvalue weighted by Crippen LogP contribution is 2.00. The summed E-state index contributed by atoms with van der Waals surface area (Å²) >= 11 is 0. The third-order valence-electron chi connectivity index (χ3n) is 1.47. The van der Waals surface area contributed by atoms with Gasteiger partial charge in [0, 0.05) is 6.61 Å². The third-order valence-corrected chi connectivity index (χ3v) is 1.47. The summed E-state index contributed by atoms with van der Waals surface area (Å²) in [5, 5.41) is 16.4. The van der Waals surface area contributed by atoms with E-state index in [0.717, 1.165) is 12.8 Å². The van der Waals surface area contributed by atoms with Gasteiger partial charge in [0.05, 0.1) is 0 Å². The van der Waals surface area contributed by atoms with E-state index < -0.39 is 0 Å². The van der Waals surface area contributed by atoms with Crippen LogP contribution in [0.2, 0.25) is 0 Å². The van der Waals surface area contributed by atoms with E-state index in [1.54, 1.807) is 0 Å². The Morgan fingerprint density at radius 2 is 1.77 bits per heavy atom. The maximum Gasteiger partial charge on any atom is 0.152 e. The third kappa shape index (κ3) is 6.96. The lowest BCUT2D eigenvalue weighted by Gasteiger charge is -1.96. The van der Waals surface area contributed by atoms with Gasteiger partial charge in [0.15, 0.2) is 5.34 Å². The van der Waals surface area contributed by atoms with Gasteiger partial charge in [-0.1, -0.05) is 30.3 Å². The summed E-state index contributed by atoms with van der Waals surface area (Å²) in [6.45, 7) is 0.287. The number of rotatable bonds is 3. The van der Waals surface area contributed by atoms with E-state index in [9.17, 15) is 0 Å². The van der Waals surface area contributed by atoms with Crippen LogP contribution in [0.4, 0.5) is 0 Å². The van der Waals surface area contributed by atoms with Crippen molar-refractivity contribution in [1.82, 2.24) is 0 Å². The molecule has 1 aromatic rings. The lowest BCUT2D eigenvalue weighted by Crippen LogP contribution is -1.87. The Labute approximate surface area is 76.8 Å². The largest absolute Gasteiger partial charge is 0.396 e. The first-order chi connectivity index (χ1) is 6.35. The van der Waals surface area contributed by atoms with Gasteiger partial charge in [-0.05, 0) is 18.4 Å². The van der Waals surface area contributed by atoms with Crippen molar-refractivity contribution in [1.29, 1.82) is 0 Å². The van der Waals surface area contributed by atoms with E-state index in [2.05, 4.69) is 12.1 Å². The summed E-state index contributed by atoms with van der Waals surface area (Å²) in [5.41, 5.74) is 1.30. The second-order valence-electron chi connectivity index (χ2n) is 2.39. The first-order valence-electron chi connectivity index (χ1n) is 3.96.